The summed E-state index contributed by atoms with van der Waals surface area (Å²) in [6, 6.07) is 0. The molecule has 5 heteroatoms. The van der Waals surface area contributed by atoms with Gasteiger partial charge in [-0.3, -0.25) is 4.79 Å². The summed E-state index contributed by atoms with van der Waals surface area (Å²) in [5.41, 5.74) is 0. The van der Waals surface area contributed by atoms with Crippen molar-refractivity contribution in [2.24, 2.45) is 0 Å². The van der Waals surface area contributed by atoms with Gasteiger partial charge in [0, 0.05) is 6.42 Å². The zero-order chi connectivity index (χ0) is 30.4. The molecule has 0 spiro atoms. The second kappa shape index (κ2) is 29.0. The number of carboxylic acid groups (broad SMARTS) is 1. The molecule has 41 heavy (non-hydrogen) atoms. The quantitative estimate of drug-likeness (QED) is 0.0487. The third kappa shape index (κ3) is 30.2. The molecule has 0 amide bonds. The summed E-state index contributed by atoms with van der Waals surface area (Å²) >= 11 is 0. The number of ether oxygens (including phenoxy) is 1. The van der Waals surface area contributed by atoms with E-state index in [0.717, 1.165) is 32.1 Å². The summed E-state index contributed by atoms with van der Waals surface area (Å²) in [5.74, 6) is -0.912. The molecule has 0 rings (SSSR count). The number of carbonyl (C=O) groups is 2. The first-order chi connectivity index (χ1) is 19.8. The summed E-state index contributed by atoms with van der Waals surface area (Å²) in [6.07, 6.45) is 33.6. The van der Waals surface area contributed by atoms with Crippen molar-refractivity contribution in [3.63, 3.8) is 0 Å². The molecule has 5 nitrogen and oxygen atoms in total. The van der Waals surface area contributed by atoms with Crippen LogP contribution in [0.4, 0.5) is 0 Å². The lowest BCUT2D eigenvalue weighted by Gasteiger charge is -2.31. The molecule has 1 unspecified atom stereocenters. The van der Waals surface area contributed by atoms with Crippen molar-refractivity contribution < 1.29 is 23.9 Å². The molecular formula is C36H72NO4+. The van der Waals surface area contributed by atoms with Crippen molar-refractivity contribution in [1.29, 1.82) is 0 Å². The van der Waals surface area contributed by atoms with Crippen LogP contribution in [-0.4, -0.2) is 54.8 Å². The highest BCUT2D eigenvalue weighted by Gasteiger charge is 2.27. The highest BCUT2D eigenvalue weighted by molar-refractivity contribution is 5.69. The minimum atomic E-state index is -0.808. The van der Waals surface area contributed by atoms with Gasteiger partial charge in [-0.25, -0.2) is 4.79 Å². The SMILES string of the molecule is CCCCCCCCCCCCCCCC(=O)OC(CCCCCCCCCCCCCC)C[N+](C)(C)CC(=O)O. The van der Waals surface area contributed by atoms with Crippen LogP contribution < -0.4 is 0 Å². The minimum Gasteiger partial charge on any atom is -0.477 e. The summed E-state index contributed by atoms with van der Waals surface area (Å²) in [6.45, 7) is 5.15. The van der Waals surface area contributed by atoms with Crippen molar-refractivity contribution in [2.75, 3.05) is 27.2 Å². The number of hydrogen-bond donors (Lipinski definition) is 1. The van der Waals surface area contributed by atoms with Gasteiger partial charge in [-0.2, -0.15) is 0 Å². The Hall–Kier alpha value is -1.10. The molecule has 0 aromatic heterocycles. The molecule has 1 N–H and O–H groups in total. The molecule has 0 aliphatic heterocycles. The van der Waals surface area contributed by atoms with Crippen LogP contribution >= 0.6 is 0 Å². The molecule has 0 aromatic rings. The van der Waals surface area contributed by atoms with Gasteiger partial charge in [0.1, 0.15) is 6.54 Å². The minimum absolute atomic E-state index is 0.0470. The Morgan fingerprint density at radius 1 is 0.561 bits per heavy atom. The number of unbranched alkanes of at least 4 members (excludes halogenated alkanes) is 23. The van der Waals surface area contributed by atoms with E-state index >= 15 is 0 Å². The average molecular weight is 583 g/mol. The van der Waals surface area contributed by atoms with E-state index in [4.69, 9.17) is 4.74 Å². The summed E-state index contributed by atoms with van der Waals surface area (Å²) < 4.78 is 6.27. The van der Waals surface area contributed by atoms with Crippen molar-refractivity contribution in [2.45, 2.75) is 193 Å². The molecule has 0 saturated heterocycles. The third-order valence-electron chi connectivity index (χ3n) is 8.42. The topological polar surface area (TPSA) is 63.6 Å². The maximum absolute atomic E-state index is 12.6. The first kappa shape index (κ1) is 39.9. The number of hydrogen-bond acceptors (Lipinski definition) is 3. The molecule has 0 heterocycles. The number of likely N-dealkylation sites (N-methyl/N-ethyl adjacent to an activating group) is 1. The number of esters is 1. The molecule has 0 radical (unpaired) electrons. The number of nitrogens with zero attached hydrogens (tertiary/aromatic N) is 1. The summed E-state index contributed by atoms with van der Waals surface area (Å²) in [7, 11) is 3.84. The number of quaternary nitrogens is 1. The Morgan fingerprint density at radius 3 is 1.27 bits per heavy atom. The normalized spacial score (nSPS) is 12.5. The van der Waals surface area contributed by atoms with Gasteiger partial charge >= 0.3 is 11.9 Å². The predicted molar refractivity (Wildman–Crippen MR) is 175 cm³/mol. The van der Waals surface area contributed by atoms with E-state index in [0.29, 0.717) is 17.4 Å². The van der Waals surface area contributed by atoms with Gasteiger partial charge in [0.2, 0.25) is 0 Å². The summed E-state index contributed by atoms with van der Waals surface area (Å²) in [5, 5.41) is 9.30. The van der Waals surface area contributed by atoms with Gasteiger partial charge in [0.15, 0.2) is 12.6 Å². The van der Waals surface area contributed by atoms with Gasteiger partial charge in [0.05, 0.1) is 14.1 Å². The molecule has 0 bridgehead atoms. The second-order valence-electron chi connectivity index (χ2n) is 13.5. The van der Waals surface area contributed by atoms with E-state index < -0.39 is 5.97 Å². The van der Waals surface area contributed by atoms with Gasteiger partial charge in [-0.15, -0.1) is 0 Å². The lowest BCUT2D eigenvalue weighted by molar-refractivity contribution is -0.886. The highest BCUT2D eigenvalue weighted by atomic mass is 16.5. The molecule has 0 aromatic carbocycles. The Labute approximate surface area is 256 Å². The first-order valence-electron chi connectivity index (χ1n) is 18.0. The van der Waals surface area contributed by atoms with Crippen molar-refractivity contribution in [3.8, 4) is 0 Å². The van der Waals surface area contributed by atoms with Gasteiger partial charge in [-0.05, 0) is 19.3 Å². The highest BCUT2D eigenvalue weighted by Crippen LogP contribution is 2.17. The van der Waals surface area contributed by atoms with Crippen LogP contribution in [0, 0.1) is 0 Å². The lowest BCUT2D eigenvalue weighted by atomic mass is 10.0. The fourth-order valence-corrected chi connectivity index (χ4v) is 5.91. The van der Waals surface area contributed by atoms with Crippen molar-refractivity contribution >= 4 is 11.9 Å². The van der Waals surface area contributed by atoms with Crippen LogP contribution in [0.15, 0.2) is 0 Å². The number of rotatable bonds is 32. The average Bonchev–Trinajstić information content (AvgIpc) is 2.90. The molecule has 244 valence electrons. The molecule has 0 fully saturated rings. The molecule has 0 aliphatic carbocycles. The maximum Gasteiger partial charge on any atom is 0.359 e. The fraction of sp³-hybridized carbons (Fsp3) is 0.944. The van der Waals surface area contributed by atoms with E-state index in [1.807, 2.05) is 14.1 Å². The third-order valence-corrected chi connectivity index (χ3v) is 8.42. The summed E-state index contributed by atoms with van der Waals surface area (Å²) in [4.78, 5) is 24.0. The van der Waals surface area contributed by atoms with Crippen LogP contribution in [0.25, 0.3) is 0 Å². The number of carbonyl (C=O) groups excluding carboxylic acids is 1. The van der Waals surface area contributed by atoms with E-state index in [1.165, 1.54) is 135 Å². The Balaban J connectivity index is 4.08. The van der Waals surface area contributed by atoms with E-state index in [1.54, 1.807) is 0 Å². The Morgan fingerprint density at radius 2 is 0.902 bits per heavy atom. The number of carboxylic acids is 1. The molecule has 0 saturated carbocycles. The van der Waals surface area contributed by atoms with Crippen molar-refractivity contribution in [3.05, 3.63) is 0 Å². The lowest BCUT2D eigenvalue weighted by Crippen LogP contribution is -2.49. The fourth-order valence-electron chi connectivity index (χ4n) is 5.91. The maximum atomic E-state index is 12.6. The Bertz CT molecular complexity index is 592. The Kier molecular flexibility index (Phi) is 28.2. The van der Waals surface area contributed by atoms with E-state index in [9.17, 15) is 14.7 Å². The molecular weight excluding hydrogens is 510 g/mol. The first-order valence-corrected chi connectivity index (χ1v) is 18.0. The van der Waals surface area contributed by atoms with Gasteiger partial charge in [0.25, 0.3) is 0 Å². The van der Waals surface area contributed by atoms with E-state index in [-0.39, 0.29) is 18.6 Å². The number of aliphatic carboxylic acids is 1. The molecule has 1 atom stereocenters. The van der Waals surface area contributed by atoms with Gasteiger partial charge < -0.3 is 14.3 Å². The van der Waals surface area contributed by atoms with E-state index in [2.05, 4.69) is 13.8 Å². The van der Waals surface area contributed by atoms with Crippen LogP contribution in [0.2, 0.25) is 0 Å². The monoisotopic (exact) mass is 583 g/mol. The standard InChI is InChI=1S/C36H71NO4/c1-5-7-9-11-13-15-17-19-21-23-25-27-29-31-36(40)41-34(32-37(3,4)33-35(38)39)30-28-26-24-22-20-18-16-14-12-10-8-6-2/h34H,5-33H2,1-4H3/p+1. The van der Waals surface area contributed by atoms with Crippen LogP contribution in [0.3, 0.4) is 0 Å². The van der Waals surface area contributed by atoms with Crippen molar-refractivity contribution in [1.82, 2.24) is 0 Å². The zero-order valence-electron chi connectivity index (χ0n) is 28.2. The predicted octanol–water partition coefficient (Wildman–Crippen LogP) is 10.6. The van der Waals surface area contributed by atoms with Crippen LogP contribution in [-0.2, 0) is 14.3 Å². The zero-order valence-corrected chi connectivity index (χ0v) is 28.2. The van der Waals surface area contributed by atoms with Gasteiger partial charge in [-0.1, -0.05) is 162 Å². The van der Waals surface area contributed by atoms with Crippen LogP contribution in [0.1, 0.15) is 187 Å². The smallest absolute Gasteiger partial charge is 0.359 e. The molecule has 0 aliphatic rings. The van der Waals surface area contributed by atoms with Crippen LogP contribution in [0.5, 0.6) is 0 Å². The largest absolute Gasteiger partial charge is 0.477 e. The second-order valence-corrected chi connectivity index (χ2v) is 13.5.